The summed E-state index contributed by atoms with van der Waals surface area (Å²) in [6.45, 7) is 5.30. The summed E-state index contributed by atoms with van der Waals surface area (Å²) in [4.78, 5) is 11.8. The predicted octanol–water partition coefficient (Wildman–Crippen LogP) is 2.63. The van der Waals surface area contributed by atoms with Crippen LogP contribution in [0, 0.1) is 12.9 Å². The molecular weight excluding hydrogens is 205 g/mol. The maximum atomic E-state index is 13.0. The molecular formula is C12H10FN3. The molecule has 0 bridgehead atoms. The first-order chi connectivity index (χ1) is 7.70. The number of pyridine rings is 1. The Kier molecular flexibility index (Phi) is 2.72. The van der Waals surface area contributed by atoms with E-state index in [1.54, 1.807) is 25.1 Å². The lowest BCUT2D eigenvalue weighted by Crippen LogP contribution is -1.92. The SMILES string of the molecule is C=Cc1cc(-c2cnc(F)c(C)c2)ncn1. The van der Waals surface area contributed by atoms with Crippen LogP contribution < -0.4 is 0 Å². The van der Waals surface area contributed by atoms with Gasteiger partial charge in [-0.2, -0.15) is 4.39 Å². The fourth-order valence-corrected chi connectivity index (χ4v) is 1.34. The van der Waals surface area contributed by atoms with Crippen LogP contribution in [0.5, 0.6) is 0 Å². The summed E-state index contributed by atoms with van der Waals surface area (Å²) in [5, 5.41) is 0. The van der Waals surface area contributed by atoms with Crippen LogP contribution in [0.3, 0.4) is 0 Å². The molecule has 0 aromatic carbocycles. The van der Waals surface area contributed by atoms with E-state index in [-0.39, 0.29) is 0 Å². The van der Waals surface area contributed by atoms with Crippen LogP contribution in [0.2, 0.25) is 0 Å². The standard InChI is InChI=1S/C12H10FN3/c1-3-10-5-11(16-7-15-10)9-4-8(2)12(13)14-6-9/h3-7H,1H2,2H3. The topological polar surface area (TPSA) is 38.7 Å². The van der Waals surface area contributed by atoms with Crippen LogP contribution in [0.1, 0.15) is 11.3 Å². The van der Waals surface area contributed by atoms with E-state index >= 15 is 0 Å². The van der Waals surface area contributed by atoms with Gasteiger partial charge in [0.05, 0.1) is 11.4 Å². The molecule has 0 N–H and O–H groups in total. The average molecular weight is 215 g/mol. The molecule has 0 radical (unpaired) electrons. The second-order valence-electron chi connectivity index (χ2n) is 3.36. The molecule has 0 aliphatic rings. The lowest BCUT2D eigenvalue weighted by atomic mass is 10.1. The summed E-state index contributed by atoms with van der Waals surface area (Å²) in [6.07, 6.45) is 4.54. The van der Waals surface area contributed by atoms with Crippen molar-refractivity contribution in [3.05, 3.63) is 48.4 Å². The molecule has 80 valence electrons. The Balaban J connectivity index is 2.49. The van der Waals surface area contributed by atoms with Gasteiger partial charge in [0.25, 0.3) is 0 Å². The molecule has 16 heavy (non-hydrogen) atoms. The van der Waals surface area contributed by atoms with Gasteiger partial charge in [-0.05, 0) is 25.1 Å². The zero-order valence-electron chi connectivity index (χ0n) is 8.81. The van der Waals surface area contributed by atoms with Crippen molar-refractivity contribution in [3.8, 4) is 11.3 Å². The maximum Gasteiger partial charge on any atom is 0.215 e. The summed E-state index contributed by atoms with van der Waals surface area (Å²) in [5.74, 6) is -0.457. The number of aromatic nitrogens is 3. The molecule has 4 heteroatoms. The molecule has 0 aliphatic carbocycles. The van der Waals surface area contributed by atoms with Crippen molar-refractivity contribution in [2.75, 3.05) is 0 Å². The van der Waals surface area contributed by atoms with Crippen LogP contribution in [0.25, 0.3) is 17.3 Å². The van der Waals surface area contributed by atoms with E-state index in [1.807, 2.05) is 0 Å². The van der Waals surface area contributed by atoms with E-state index in [4.69, 9.17) is 0 Å². The monoisotopic (exact) mass is 215 g/mol. The smallest absolute Gasteiger partial charge is 0.215 e. The number of hydrogen-bond donors (Lipinski definition) is 0. The van der Waals surface area contributed by atoms with E-state index in [9.17, 15) is 4.39 Å². The fraction of sp³-hybridized carbons (Fsp3) is 0.0833. The van der Waals surface area contributed by atoms with Crippen molar-refractivity contribution in [2.45, 2.75) is 6.92 Å². The number of rotatable bonds is 2. The van der Waals surface area contributed by atoms with Crippen molar-refractivity contribution in [1.29, 1.82) is 0 Å². The van der Waals surface area contributed by atoms with Crippen LogP contribution >= 0.6 is 0 Å². The molecule has 2 aromatic rings. The molecule has 0 saturated heterocycles. The first-order valence-corrected chi connectivity index (χ1v) is 4.77. The Morgan fingerprint density at radius 1 is 1.25 bits per heavy atom. The molecule has 0 aliphatic heterocycles. The lowest BCUT2D eigenvalue weighted by Gasteiger charge is -2.02. The first kappa shape index (κ1) is 10.4. The quantitative estimate of drug-likeness (QED) is 0.723. The van der Waals surface area contributed by atoms with Gasteiger partial charge in [-0.25, -0.2) is 15.0 Å². The molecule has 0 fully saturated rings. The summed E-state index contributed by atoms with van der Waals surface area (Å²) < 4.78 is 13.0. The molecule has 0 spiro atoms. The lowest BCUT2D eigenvalue weighted by molar-refractivity contribution is 0.575. The van der Waals surface area contributed by atoms with Crippen molar-refractivity contribution in [1.82, 2.24) is 15.0 Å². The molecule has 0 unspecified atom stereocenters. The highest BCUT2D eigenvalue weighted by atomic mass is 19.1. The van der Waals surface area contributed by atoms with Crippen LogP contribution in [0.15, 0.2) is 31.2 Å². The Morgan fingerprint density at radius 2 is 2.06 bits per heavy atom. The number of halogens is 1. The average Bonchev–Trinajstić information content (AvgIpc) is 2.33. The minimum Gasteiger partial charge on any atom is -0.237 e. The number of nitrogens with zero attached hydrogens (tertiary/aromatic N) is 3. The third kappa shape index (κ3) is 1.95. The normalized spacial score (nSPS) is 10.1. The molecule has 0 saturated carbocycles. The van der Waals surface area contributed by atoms with Gasteiger partial charge in [-0.3, -0.25) is 0 Å². The molecule has 0 amide bonds. The van der Waals surface area contributed by atoms with Gasteiger partial charge in [-0.1, -0.05) is 6.58 Å². The Morgan fingerprint density at radius 3 is 2.75 bits per heavy atom. The van der Waals surface area contributed by atoms with E-state index in [0.717, 1.165) is 11.3 Å². The first-order valence-electron chi connectivity index (χ1n) is 4.77. The molecule has 0 atom stereocenters. The van der Waals surface area contributed by atoms with Gasteiger partial charge in [-0.15, -0.1) is 0 Å². The summed E-state index contributed by atoms with van der Waals surface area (Å²) in [5.41, 5.74) is 2.70. The van der Waals surface area contributed by atoms with E-state index in [2.05, 4.69) is 21.5 Å². The number of aryl methyl sites for hydroxylation is 1. The van der Waals surface area contributed by atoms with Crippen molar-refractivity contribution >= 4 is 6.08 Å². The zero-order valence-corrected chi connectivity index (χ0v) is 8.81. The highest BCUT2D eigenvalue weighted by Crippen LogP contribution is 2.18. The van der Waals surface area contributed by atoms with E-state index in [1.165, 1.54) is 12.5 Å². The molecule has 3 nitrogen and oxygen atoms in total. The van der Waals surface area contributed by atoms with Gasteiger partial charge in [0.1, 0.15) is 6.33 Å². The van der Waals surface area contributed by atoms with Crippen molar-refractivity contribution in [3.63, 3.8) is 0 Å². The zero-order chi connectivity index (χ0) is 11.5. The molecule has 2 heterocycles. The summed E-state index contributed by atoms with van der Waals surface area (Å²) in [7, 11) is 0. The fourth-order valence-electron chi connectivity index (χ4n) is 1.34. The highest BCUT2D eigenvalue weighted by molar-refractivity contribution is 5.61. The number of hydrogen-bond acceptors (Lipinski definition) is 3. The molecule has 2 aromatic heterocycles. The van der Waals surface area contributed by atoms with Crippen molar-refractivity contribution in [2.24, 2.45) is 0 Å². The van der Waals surface area contributed by atoms with Gasteiger partial charge < -0.3 is 0 Å². The minimum atomic E-state index is -0.457. The van der Waals surface area contributed by atoms with Gasteiger partial charge in [0, 0.05) is 17.3 Å². The third-order valence-electron chi connectivity index (χ3n) is 2.21. The Hall–Kier alpha value is -2.10. The van der Waals surface area contributed by atoms with Gasteiger partial charge in [0.2, 0.25) is 5.95 Å². The minimum absolute atomic E-state index is 0.457. The van der Waals surface area contributed by atoms with Crippen LogP contribution in [-0.4, -0.2) is 15.0 Å². The van der Waals surface area contributed by atoms with Gasteiger partial charge >= 0.3 is 0 Å². The third-order valence-corrected chi connectivity index (χ3v) is 2.21. The summed E-state index contributed by atoms with van der Waals surface area (Å²) >= 11 is 0. The van der Waals surface area contributed by atoms with Gasteiger partial charge in [0.15, 0.2) is 0 Å². The van der Waals surface area contributed by atoms with Crippen LogP contribution in [0.4, 0.5) is 4.39 Å². The predicted molar refractivity (Wildman–Crippen MR) is 60.0 cm³/mol. The second kappa shape index (κ2) is 4.18. The van der Waals surface area contributed by atoms with E-state index < -0.39 is 5.95 Å². The Labute approximate surface area is 92.7 Å². The van der Waals surface area contributed by atoms with Crippen molar-refractivity contribution < 1.29 is 4.39 Å². The maximum absolute atomic E-state index is 13.0. The van der Waals surface area contributed by atoms with E-state index in [0.29, 0.717) is 11.3 Å². The second-order valence-corrected chi connectivity index (χ2v) is 3.36. The summed E-state index contributed by atoms with van der Waals surface area (Å²) in [6, 6.07) is 3.49. The largest absolute Gasteiger partial charge is 0.237 e. The molecule has 2 rings (SSSR count). The highest BCUT2D eigenvalue weighted by Gasteiger charge is 2.04. The Bertz CT molecular complexity index is 538. The van der Waals surface area contributed by atoms with Crippen LogP contribution in [-0.2, 0) is 0 Å².